The van der Waals surface area contributed by atoms with Crippen molar-refractivity contribution in [3.63, 3.8) is 0 Å². The molecule has 2 aromatic carbocycles. The number of hydrogen-bond donors (Lipinski definition) is 2. The average Bonchev–Trinajstić information content (AvgIpc) is 2.56. The highest BCUT2D eigenvalue weighted by atomic mass is 16.6. The minimum absolute atomic E-state index is 0.0483. The lowest BCUT2D eigenvalue weighted by molar-refractivity contribution is -0.423. The highest BCUT2D eigenvalue weighted by Crippen LogP contribution is 2.36. The number of benzene rings is 2. The minimum Gasteiger partial charge on any atom is -0.508 e. The number of aromatic hydroxyl groups is 1. The van der Waals surface area contributed by atoms with E-state index in [2.05, 4.69) is 0 Å². The van der Waals surface area contributed by atoms with Crippen LogP contribution in [0.25, 0.3) is 0 Å². The van der Waals surface area contributed by atoms with Crippen LogP contribution >= 0.6 is 0 Å². The standard InChI is InChI=1S/C15H13N3O7/c16-11(8-9-4-6-10(19)7-5-9)15(20)25-13-3-1-2-12(17(21)22)14(13)18(23)24/h1-7,11,19H,8,16H2/t11-/m0/s1. The van der Waals surface area contributed by atoms with Gasteiger partial charge in [-0.1, -0.05) is 18.2 Å². The van der Waals surface area contributed by atoms with Crippen molar-refractivity contribution in [1.29, 1.82) is 0 Å². The van der Waals surface area contributed by atoms with E-state index < -0.39 is 39.0 Å². The van der Waals surface area contributed by atoms with E-state index in [1.807, 2.05) is 0 Å². The minimum atomic E-state index is -1.15. The molecule has 0 aliphatic heterocycles. The monoisotopic (exact) mass is 347 g/mol. The van der Waals surface area contributed by atoms with Crippen LogP contribution in [-0.2, 0) is 11.2 Å². The lowest BCUT2D eigenvalue weighted by atomic mass is 10.1. The fraction of sp³-hybridized carbons (Fsp3) is 0.133. The average molecular weight is 347 g/mol. The molecular weight excluding hydrogens is 334 g/mol. The fourth-order valence-corrected chi connectivity index (χ4v) is 2.08. The maximum Gasteiger partial charge on any atom is 0.388 e. The van der Waals surface area contributed by atoms with Gasteiger partial charge >= 0.3 is 17.3 Å². The zero-order valence-electron chi connectivity index (χ0n) is 12.7. The third-order valence-corrected chi connectivity index (χ3v) is 3.26. The second kappa shape index (κ2) is 7.36. The number of hydrogen-bond acceptors (Lipinski definition) is 8. The molecule has 0 aliphatic carbocycles. The van der Waals surface area contributed by atoms with E-state index in [1.54, 1.807) is 12.1 Å². The normalized spacial score (nSPS) is 11.6. The SMILES string of the molecule is N[C@@H](Cc1ccc(O)cc1)C(=O)Oc1cccc([N+](=O)[O-])c1[N+](=O)[O-]. The van der Waals surface area contributed by atoms with Gasteiger partial charge in [0.15, 0.2) is 0 Å². The molecule has 0 radical (unpaired) electrons. The lowest BCUT2D eigenvalue weighted by Gasteiger charge is -2.11. The van der Waals surface area contributed by atoms with Gasteiger partial charge in [0, 0.05) is 6.07 Å². The van der Waals surface area contributed by atoms with Gasteiger partial charge in [-0.25, -0.2) is 4.79 Å². The summed E-state index contributed by atoms with van der Waals surface area (Å²) in [6.45, 7) is 0. The maximum atomic E-state index is 12.1. The molecule has 25 heavy (non-hydrogen) atoms. The Labute approximate surface area is 140 Å². The van der Waals surface area contributed by atoms with Crippen molar-refractivity contribution < 1.29 is 24.5 Å². The van der Waals surface area contributed by atoms with Gasteiger partial charge in [0.05, 0.1) is 9.85 Å². The number of nitrogens with zero attached hydrogens (tertiary/aromatic N) is 2. The van der Waals surface area contributed by atoms with Gasteiger partial charge in [-0.3, -0.25) is 20.2 Å². The number of nitrogens with two attached hydrogens (primary N) is 1. The first kappa shape index (κ1) is 17.8. The van der Waals surface area contributed by atoms with Crippen molar-refractivity contribution in [2.75, 3.05) is 0 Å². The molecule has 10 nitrogen and oxygen atoms in total. The predicted octanol–water partition coefficient (Wildman–Crippen LogP) is 1.68. The summed E-state index contributed by atoms with van der Waals surface area (Å²) in [5, 5.41) is 31.2. The van der Waals surface area contributed by atoms with Crippen LogP contribution in [0.3, 0.4) is 0 Å². The summed E-state index contributed by atoms with van der Waals surface area (Å²) >= 11 is 0. The van der Waals surface area contributed by atoms with Crippen molar-refractivity contribution >= 4 is 17.3 Å². The van der Waals surface area contributed by atoms with E-state index in [9.17, 15) is 30.1 Å². The second-order valence-electron chi connectivity index (χ2n) is 5.04. The van der Waals surface area contributed by atoms with Gasteiger partial charge in [0.25, 0.3) is 0 Å². The Morgan fingerprint density at radius 3 is 2.32 bits per heavy atom. The van der Waals surface area contributed by atoms with Crippen molar-refractivity contribution in [2.45, 2.75) is 12.5 Å². The Balaban J connectivity index is 2.19. The van der Waals surface area contributed by atoms with E-state index in [0.717, 1.165) is 12.1 Å². The Bertz CT molecular complexity index is 820. The predicted molar refractivity (Wildman–Crippen MR) is 85.2 cm³/mol. The number of para-hydroxylation sites is 1. The van der Waals surface area contributed by atoms with Gasteiger partial charge in [-0.05, 0) is 30.2 Å². The maximum absolute atomic E-state index is 12.1. The number of nitro benzene ring substituents is 2. The number of carbonyl (C=O) groups is 1. The molecule has 2 rings (SSSR count). The molecule has 0 bridgehead atoms. The summed E-state index contributed by atoms with van der Waals surface area (Å²) in [6.07, 6.45) is 0.0574. The van der Waals surface area contributed by atoms with E-state index in [-0.39, 0.29) is 12.2 Å². The highest BCUT2D eigenvalue weighted by Gasteiger charge is 2.31. The van der Waals surface area contributed by atoms with E-state index in [4.69, 9.17) is 10.5 Å². The molecule has 0 unspecified atom stereocenters. The topological polar surface area (TPSA) is 159 Å². The number of ether oxygens (including phenoxy) is 1. The summed E-state index contributed by atoms with van der Waals surface area (Å²) in [7, 11) is 0. The summed E-state index contributed by atoms with van der Waals surface area (Å²) in [6, 6.07) is 7.97. The zero-order valence-corrected chi connectivity index (χ0v) is 12.7. The zero-order chi connectivity index (χ0) is 18.6. The third kappa shape index (κ3) is 4.26. The summed E-state index contributed by atoms with van der Waals surface area (Å²) < 4.78 is 4.90. The molecule has 0 aliphatic rings. The quantitative estimate of drug-likeness (QED) is 0.345. The molecule has 130 valence electrons. The van der Waals surface area contributed by atoms with Gasteiger partial charge in [-0.15, -0.1) is 0 Å². The second-order valence-corrected chi connectivity index (χ2v) is 5.04. The number of rotatable bonds is 6. The molecular formula is C15H13N3O7. The van der Waals surface area contributed by atoms with Crippen LogP contribution in [0.15, 0.2) is 42.5 Å². The smallest absolute Gasteiger partial charge is 0.388 e. The number of esters is 1. The molecule has 0 amide bonds. The van der Waals surface area contributed by atoms with Crippen LogP contribution in [0.5, 0.6) is 11.5 Å². The molecule has 2 aromatic rings. The van der Waals surface area contributed by atoms with Crippen molar-refractivity contribution in [2.24, 2.45) is 5.73 Å². The Kier molecular flexibility index (Phi) is 5.25. The van der Waals surface area contributed by atoms with Crippen LogP contribution in [0.1, 0.15) is 5.56 Å². The van der Waals surface area contributed by atoms with Crippen LogP contribution in [-0.4, -0.2) is 27.0 Å². The number of phenols is 1. The molecule has 10 heteroatoms. The molecule has 1 atom stereocenters. The fourth-order valence-electron chi connectivity index (χ4n) is 2.08. The lowest BCUT2D eigenvalue weighted by Crippen LogP contribution is -2.36. The van der Waals surface area contributed by atoms with Crippen molar-refractivity contribution in [3.8, 4) is 11.5 Å². The largest absolute Gasteiger partial charge is 0.508 e. The Hall–Kier alpha value is -3.53. The first-order chi connectivity index (χ1) is 11.8. The van der Waals surface area contributed by atoms with E-state index >= 15 is 0 Å². The van der Waals surface area contributed by atoms with Crippen LogP contribution in [0, 0.1) is 20.2 Å². The summed E-state index contributed by atoms with van der Waals surface area (Å²) in [4.78, 5) is 32.1. The number of nitro groups is 2. The van der Waals surface area contributed by atoms with E-state index in [1.165, 1.54) is 18.2 Å². The molecule has 3 N–H and O–H groups in total. The molecule has 0 saturated carbocycles. The van der Waals surface area contributed by atoms with Gasteiger partial charge in [-0.2, -0.15) is 0 Å². The molecule has 0 fully saturated rings. The Morgan fingerprint density at radius 1 is 1.12 bits per heavy atom. The highest BCUT2D eigenvalue weighted by molar-refractivity contribution is 5.80. The molecule has 0 spiro atoms. The van der Waals surface area contributed by atoms with Crippen LogP contribution < -0.4 is 10.5 Å². The van der Waals surface area contributed by atoms with Crippen LogP contribution in [0.4, 0.5) is 11.4 Å². The molecule has 0 heterocycles. The van der Waals surface area contributed by atoms with E-state index in [0.29, 0.717) is 5.56 Å². The van der Waals surface area contributed by atoms with Gasteiger partial charge < -0.3 is 15.6 Å². The van der Waals surface area contributed by atoms with Crippen molar-refractivity contribution in [3.05, 3.63) is 68.3 Å². The first-order valence-corrected chi connectivity index (χ1v) is 6.96. The summed E-state index contributed by atoms with van der Waals surface area (Å²) in [5.74, 6) is -1.48. The summed E-state index contributed by atoms with van der Waals surface area (Å²) in [5.41, 5.74) is 4.65. The number of phenolic OH excluding ortho intramolecular Hbond substituents is 1. The van der Waals surface area contributed by atoms with Crippen LogP contribution in [0.2, 0.25) is 0 Å². The Morgan fingerprint density at radius 2 is 1.76 bits per heavy atom. The molecule has 0 saturated heterocycles. The van der Waals surface area contributed by atoms with Gasteiger partial charge in [0.2, 0.25) is 5.75 Å². The first-order valence-electron chi connectivity index (χ1n) is 6.96. The van der Waals surface area contributed by atoms with Gasteiger partial charge in [0.1, 0.15) is 11.8 Å². The van der Waals surface area contributed by atoms with Crippen molar-refractivity contribution in [1.82, 2.24) is 0 Å². The number of carbonyl (C=O) groups excluding carboxylic acids is 1. The molecule has 0 aromatic heterocycles. The third-order valence-electron chi connectivity index (χ3n) is 3.26.